The van der Waals surface area contributed by atoms with Gasteiger partial charge in [0.15, 0.2) is 6.10 Å². The molecular weight excluding hydrogens is 263 g/mol. The molecule has 1 aromatic rings. The van der Waals surface area contributed by atoms with Crippen LogP contribution in [-0.2, 0) is 0 Å². The van der Waals surface area contributed by atoms with Crippen LogP contribution in [0.1, 0.15) is 24.5 Å². The lowest BCUT2D eigenvalue weighted by Crippen LogP contribution is -2.40. The minimum absolute atomic E-state index is 0.266. The SMILES string of the molecule is Cc1cc(=O)[nH]c([C@H](C)N(C)C[C@H](O)C(F)(F)F)n1. The van der Waals surface area contributed by atoms with Crippen molar-refractivity contribution in [3.8, 4) is 0 Å². The number of rotatable bonds is 4. The summed E-state index contributed by atoms with van der Waals surface area (Å²) in [7, 11) is 1.42. The molecule has 8 heteroatoms. The number of aromatic nitrogens is 2. The summed E-state index contributed by atoms with van der Waals surface area (Å²) in [6.45, 7) is 2.62. The van der Waals surface area contributed by atoms with E-state index in [0.29, 0.717) is 5.69 Å². The molecule has 1 heterocycles. The highest BCUT2D eigenvalue weighted by Crippen LogP contribution is 2.23. The van der Waals surface area contributed by atoms with Crippen molar-refractivity contribution in [3.63, 3.8) is 0 Å². The molecule has 2 N–H and O–H groups in total. The number of hydrogen-bond acceptors (Lipinski definition) is 4. The molecule has 0 fully saturated rings. The van der Waals surface area contributed by atoms with Crippen LogP contribution in [0.25, 0.3) is 0 Å². The molecule has 0 unspecified atom stereocenters. The molecule has 0 aliphatic carbocycles. The second-order valence-electron chi connectivity index (χ2n) is 4.44. The largest absolute Gasteiger partial charge is 0.415 e. The predicted molar refractivity (Wildman–Crippen MR) is 62.7 cm³/mol. The number of halogens is 3. The van der Waals surface area contributed by atoms with Crippen molar-refractivity contribution in [2.45, 2.75) is 32.2 Å². The van der Waals surface area contributed by atoms with Gasteiger partial charge >= 0.3 is 6.18 Å². The van der Waals surface area contributed by atoms with Gasteiger partial charge in [0.2, 0.25) is 0 Å². The zero-order valence-electron chi connectivity index (χ0n) is 10.8. The summed E-state index contributed by atoms with van der Waals surface area (Å²) in [5.41, 5.74) is 0.120. The Labute approximate surface area is 108 Å². The number of H-pyrrole nitrogens is 1. The minimum atomic E-state index is -4.67. The van der Waals surface area contributed by atoms with Gasteiger partial charge in [0.05, 0.1) is 6.04 Å². The molecule has 108 valence electrons. The lowest BCUT2D eigenvalue weighted by Gasteiger charge is -2.27. The number of hydrogen-bond donors (Lipinski definition) is 2. The monoisotopic (exact) mass is 279 g/mol. The van der Waals surface area contributed by atoms with Crippen LogP contribution >= 0.6 is 0 Å². The van der Waals surface area contributed by atoms with E-state index in [1.54, 1.807) is 13.8 Å². The lowest BCUT2D eigenvalue weighted by molar-refractivity contribution is -0.208. The van der Waals surface area contributed by atoms with Gasteiger partial charge < -0.3 is 10.1 Å². The van der Waals surface area contributed by atoms with Crippen molar-refractivity contribution < 1.29 is 18.3 Å². The van der Waals surface area contributed by atoms with E-state index in [0.717, 1.165) is 0 Å². The Morgan fingerprint density at radius 2 is 2.11 bits per heavy atom. The topological polar surface area (TPSA) is 69.2 Å². The van der Waals surface area contributed by atoms with Gasteiger partial charge in [-0.2, -0.15) is 13.2 Å². The fourth-order valence-electron chi connectivity index (χ4n) is 1.54. The number of aryl methyl sites for hydroxylation is 1. The van der Waals surface area contributed by atoms with Crippen molar-refractivity contribution in [1.29, 1.82) is 0 Å². The van der Waals surface area contributed by atoms with Crippen LogP contribution in [0.15, 0.2) is 10.9 Å². The zero-order valence-corrected chi connectivity index (χ0v) is 10.8. The molecule has 0 radical (unpaired) electrons. The molecule has 0 aliphatic rings. The molecular formula is C11H16F3N3O2. The fraction of sp³-hybridized carbons (Fsp3) is 0.636. The number of aliphatic hydroxyl groups excluding tert-OH is 1. The maximum atomic E-state index is 12.3. The molecule has 2 atom stereocenters. The summed E-state index contributed by atoms with van der Waals surface area (Å²) in [5.74, 6) is 0.266. The van der Waals surface area contributed by atoms with E-state index in [9.17, 15) is 18.0 Å². The van der Waals surface area contributed by atoms with Crippen molar-refractivity contribution in [2.24, 2.45) is 0 Å². The molecule has 1 aromatic heterocycles. The van der Waals surface area contributed by atoms with Gasteiger partial charge in [-0.25, -0.2) is 4.98 Å². The fourth-order valence-corrected chi connectivity index (χ4v) is 1.54. The maximum absolute atomic E-state index is 12.3. The van der Waals surface area contributed by atoms with Crippen molar-refractivity contribution >= 4 is 0 Å². The van der Waals surface area contributed by atoms with Crippen LogP contribution < -0.4 is 5.56 Å². The van der Waals surface area contributed by atoms with Crippen LogP contribution in [0.2, 0.25) is 0 Å². The molecule has 0 aliphatic heterocycles. The second kappa shape index (κ2) is 5.70. The van der Waals surface area contributed by atoms with Crippen molar-refractivity contribution in [2.75, 3.05) is 13.6 Å². The maximum Gasteiger partial charge on any atom is 0.415 e. The van der Waals surface area contributed by atoms with Gasteiger partial charge in [-0.3, -0.25) is 9.69 Å². The first-order valence-electron chi connectivity index (χ1n) is 5.64. The summed E-state index contributed by atoms with van der Waals surface area (Å²) in [5, 5.41) is 9.00. The smallest absolute Gasteiger partial charge is 0.382 e. The summed E-state index contributed by atoms with van der Waals surface area (Å²) >= 11 is 0. The van der Waals surface area contributed by atoms with E-state index in [2.05, 4.69) is 9.97 Å². The van der Waals surface area contributed by atoms with Gasteiger partial charge in [-0.1, -0.05) is 0 Å². The Morgan fingerprint density at radius 3 is 2.58 bits per heavy atom. The van der Waals surface area contributed by atoms with Gasteiger partial charge in [0.1, 0.15) is 5.82 Å². The van der Waals surface area contributed by atoms with Gasteiger partial charge in [0, 0.05) is 18.3 Å². The van der Waals surface area contributed by atoms with Crippen LogP contribution in [0.4, 0.5) is 13.2 Å². The molecule has 0 saturated heterocycles. The Bertz CT molecular complexity index is 487. The van der Waals surface area contributed by atoms with Crippen LogP contribution in [0.5, 0.6) is 0 Å². The first-order valence-corrected chi connectivity index (χ1v) is 5.64. The summed E-state index contributed by atoms with van der Waals surface area (Å²) in [4.78, 5) is 19.1. The summed E-state index contributed by atoms with van der Waals surface area (Å²) < 4.78 is 36.8. The number of nitrogens with zero attached hydrogens (tertiary/aromatic N) is 2. The Morgan fingerprint density at radius 1 is 1.53 bits per heavy atom. The molecule has 1 rings (SSSR count). The Kier molecular flexibility index (Phi) is 4.70. The van der Waals surface area contributed by atoms with Crippen molar-refractivity contribution in [1.82, 2.24) is 14.9 Å². The number of alkyl halides is 3. The third kappa shape index (κ3) is 4.32. The first-order chi connectivity index (χ1) is 8.61. The summed E-state index contributed by atoms with van der Waals surface area (Å²) in [6.07, 6.45) is -7.10. The molecule has 0 aromatic carbocycles. The minimum Gasteiger partial charge on any atom is -0.382 e. The Hall–Kier alpha value is -1.41. The first kappa shape index (κ1) is 15.6. The Balaban J connectivity index is 2.82. The van der Waals surface area contributed by atoms with Crippen LogP contribution in [-0.4, -0.2) is 45.8 Å². The second-order valence-corrected chi connectivity index (χ2v) is 4.44. The van der Waals surface area contributed by atoms with E-state index in [1.807, 2.05) is 0 Å². The number of aliphatic hydroxyl groups is 1. The molecule has 0 amide bonds. The van der Waals surface area contributed by atoms with E-state index in [-0.39, 0.29) is 11.4 Å². The predicted octanol–water partition coefficient (Wildman–Crippen LogP) is 0.994. The van der Waals surface area contributed by atoms with Crippen LogP contribution in [0, 0.1) is 6.92 Å². The van der Waals surface area contributed by atoms with E-state index < -0.39 is 24.9 Å². The average molecular weight is 279 g/mol. The molecule has 0 bridgehead atoms. The molecule has 0 spiro atoms. The van der Waals surface area contributed by atoms with E-state index in [1.165, 1.54) is 18.0 Å². The number of nitrogens with one attached hydrogen (secondary N) is 1. The van der Waals surface area contributed by atoms with Crippen molar-refractivity contribution in [3.05, 3.63) is 27.9 Å². The standard InChI is InChI=1S/C11H16F3N3O2/c1-6-4-9(19)16-10(15-6)7(2)17(3)5-8(18)11(12,13)14/h4,7-8,18H,5H2,1-3H3,(H,15,16,19)/t7-,8-/m0/s1. The quantitative estimate of drug-likeness (QED) is 0.862. The number of likely N-dealkylation sites (N-methyl/N-ethyl adjacent to an activating group) is 1. The normalized spacial score (nSPS) is 15.6. The zero-order chi connectivity index (χ0) is 14.8. The highest BCUT2D eigenvalue weighted by atomic mass is 19.4. The third-order valence-corrected chi connectivity index (χ3v) is 2.78. The summed E-state index contributed by atoms with van der Waals surface area (Å²) in [6, 6.07) is 0.741. The van der Waals surface area contributed by atoms with E-state index in [4.69, 9.17) is 5.11 Å². The third-order valence-electron chi connectivity index (χ3n) is 2.78. The van der Waals surface area contributed by atoms with E-state index >= 15 is 0 Å². The van der Waals surface area contributed by atoms with Gasteiger partial charge in [0.25, 0.3) is 5.56 Å². The number of aromatic amines is 1. The van der Waals surface area contributed by atoms with Gasteiger partial charge in [-0.05, 0) is 20.9 Å². The highest BCUT2D eigenvalue weighted by Gasteiger charge is 2.39. The molecule has 19 heavy (non-hydrogen) atoms. The molecule has 0 saturated carbocycles. The average Bonchev–Trinajstić information content (AvgIpc) is 2.25. The molecule has 5 nitrogen and oxygen atoms in total. The van der Waals surface area contributed by atoms with Crippen LogP contribution in [0.3, 0.4) is 0 Å². The highest BCUT2D eigenvalue weighted by molar-refractivity contribution is 5.03. The lowest BCUT2D eigenvalue weighted by atomic mass is 10.2. The van der Waals surface area contributed by atoms with Gasteiger partial charge in [-0.15, -0.1) is 0 Å².